The number of quaternary nitrogens is 1. The standard InChI is InChI=1S/C6H16NO2/c1-4-7(8,5-2)9-6-3/h8H,4-6H2,1-3H3/q+1. The Balaban J connectivity index is 3.62. The zero-order valence-corrected chi connectivity index (χ0v) is 6.42. The van der Waals surface area contributed by atoms with Crippen molar-refractivity contribution in [1.29, 1.82) is 0 Å². The summed E-state index contributed by atoms with van der Waals surface area (Å²) in [7, 11) is 0. The third-order valence-corrected chi connectivity index (χ3v) is 1.36. The first-order valence-electron chi connectivity index (χ1n) is 3.43. The molecule has 0 aliphatic rings. The van der Waals surface area contributed by atoms with E-state index in [0.717, 1.165) is 0 Å². The quantitative estimate of drug-likeness (QED) is 0.462. The van der Waals surface area contributed by atoms with Gasteiger partial charge in [0, 0.05) is 0 Å². The predicted molar refractivity (Wildman–Crippen MR) is 34.8 cm³/mol. The molecule has 0 aromatic heterocycles. The van der Waals surface area contributed by atoms with E-state index in [-0.39, 0.29) is 4.81 Å². The Morgan fingerprint density at radius 3 is 1.78 bits per heavy atom. The first-order chi connectivity index (χ1) is 4.18. The van der Waals surface area contributed by atoms with Crippen LogP contribution in [0.2, 0.25) is 0 Å². The van der Waals surface area contributed by atoms with Crippen LogP contribution in [0.5, 0.6) is 0 Å². The van der Waals surface area contributed by atoms with Crippen molar-refractivity contribution in [3.8, 4) is 0 Å². The van der Waals surface area contributed by atoms with Crippen molar-refractivity contribution in [2.45, 2.75) is 20.8 Å². The molecular weight excluding hydrogens is 118 g/mol. The highest BCUT2D eigenvalue weighted by molar-refractivity contribution is 4.09. The highest BCUT2D eigenvalue weighted by Crippen LogP contribution is 2.00. The SMILES string of the molecule is CCO[N+](O)(CC)CC. The van der Waals surface area contributed by atoms with E-state index in [1.165, 1.54) is 0 Å². The molecular formula is C6H16NO2+. The molecule has 0 saturated heterocycles. The summed E-state index contributed by atoms with van der Waals surface area (Å²) >= 11 is 0. The Morgan fingerprint density at radius 2 is 1.67 bits per heavy atom. The fraction of sp³-hybridized carbons (Fsp3) is 1.00. The van der Waals surface area contributed by atoms with Crippen LogP contribution in [0.25, 0.3) is 0 Å². The molecule has 0 amide bonds. The van der Waals surface area contributed by atoms with Gasteiger partial charge in [-0.15, -0.1) is 0 Å². The predicted octanol–water partition coefficient (Wildman–Crippen LogP) is 1.18. The molecule has 0 aromatic rings. The molecule has 0 aromatic carbocycles. The van der Waals surface area contributed by atoms with Gasteiger partial charge >= 0.3 is 0 Å². The van der Waals surface area contributed by atoms with Gasteiger partial charge in [0.25, 0.3) is 0 Å². The van der Waals surface area contributed by atoms with Crippen LogP contribution in [-0.4, -0.2) is 29.7 Å². The maximum atomic E-state index is 9.34. The van der Waals surface area contributed by atoms with Crippen molar-refractivity contribution in [2.24, 2.45) is 0 Å². The summed E-state index contributed by atoms with van der Waals surface area (Å²) in [6, 6.07) is 0. The van der Waals surface area contributed by atoms with E-state index in [2.05, 4.69) is 0 Å². The Morgan fingerprint density at radius 1 is 1.22 bits per heavy atom. The van der Waals surface area contributed by atoms with E-state index < -0.39 is 0 Å². The Labute approximate surface area is 56.3 Å². The molecule has 0 spiro atoms. The minimum Gasteiger partial charge on any atom is -0.182 e. The van der Waals surface area contributed by atoms with Crippen LogP contribution in [0, 0.1) is 0 Å². The molecule has 0 unspecified atom stereocenters. The van der Waals surface area contributed by atoms with Crippen LogP contribution in [0.1, 0.15) is 20.8 Å². The lowest BCUT2D eigenvalue weighted by atomic mass is 10.6. The van der Waals surface area contributed by atoms with Crippen LogP contribution < -0.4 is 0 Å². The smallest absolute Gasteiger partial charge is 0.139 e. The van der Waals surface area contributed by atoms with Crippen LogP contribution >= 0.6 is 0 Å². The summed E-state index contributed by atoms with van der Waals surface area (Å²) in [5.74, 6) is 0. The van der Waals surface area contributed by atoms with Gasteiger partial charge in [-0.2, -0.15) is 10.0 Å². The average Bonchev–Trinajstić information content (AvgIpc) is 1.89. The zero-order chi connectivity index (χ0) is 7.33. The molecule has 0 radical (unpaired) electrons. The molecule has 56 valence electrons. The van der Waals surface area contributed by atoms with Crippen LogP contribution in [-0.2, 0) is 4.84 Å². The molecule has 0 rings (SSSR count). The van der Waals surface area contributed by atoms with Gasteiger partial charge in [0.1, 0.15) is 19.7 Å². The van der Waals surface area contributed by atoms with E-state index in [1.807, 2.05) is 20.8 Å². The van der Waals surface area contributed by atoms with Gasteiger partial charge in [-0.1, -0.05) is 0 Å². The van der Waals surface area contributed by atoms with Crippen molar-refractivity contribution < 1.29 is 14.9 Å². The van der Waals surface area contributed by atoms with Gasteiger partial charge in [-0.25, -0.2) is 0 Å². The first-order valence-corrected chi connectivity index (χ1v) is 3.43. The largest absolute Gasteiger partial charge is 0.182 e. The van der Waals surface area contributed by atoms with Crippen LogP contribution in [0.15, 0.2) is 0 Å². The average molecular weight is 134 g/mol. The lowest BCUT2D eigenvalue weighted by Gasteiger charge is -2.23. The number of hydroxylamine groups is 4. The van der Waals surface area contributed by atoms with E-state index in [9.17, 15) is 5.21 Å². The van der Waals surface area contributed by atoms with Gasteiger partial charge in [0.15, 0.2) is 0 Å². The van der Waals surface area contributed by atoms with Crippen LogP contribution in [0.4, 0.5) is 0 Å². The van der Waals surface area contributed by atoms with Crippen molar-refractivity contribution in [2.75, 3.05) is 19.7 Å². The maximum absolute atomic E-state index is 9.34. The van der Waals surface area contributed by atoms with E-state index >= 15 is 0 Å². The second kappa shape index (κ2) is 3.82. The summed E-state index contributed by atoms with van der Waals surface area (Å²) < 4.78 is 0. The molecule has 3 heteroatoms. The summed E-state index contributed by atoms with van der Waals surface area (Å²) in [5.41, 5.74) is 0. The van der Waals surface area contributed by atoms with E-state index in [1.54, 1.807) is 0 Å². The third kappa shape index (κ3) is 2.79. The first kappa shape index (κ1) is 8.88. The minimum atomic E-state index is -0.267. The monoisotopic (exact) mass is 134 g/mol. The Hall–Kier alpha value is -0.120. The fourth-order valence-electron chi connectivity index (χ4n) is 0.646. The summed E-state index contributed by atoms with van der Waals surface area (Å²) in [5, 5.41) is 9.34. The number of hydrogen-bond donors (Lipinski definition) is 1. The molecule has 0 saturated carbocycles. The van der Waals surface area contributed by atoms with Gasteiger partial charge in [0.2, 0.25) is 0 Å². The summed E-state index contributed by atoms with van der Waals surface area (Å²) in [6.07, 6.45) is 0. The molecule has 0 fully saturated rings. The highest BCUT2D eigenvalue weighted by atomic mass is 16.9. The maximum Gasteiger partial charge on any atom is 0.139 e. The molecule has 0 atom stereocenters. The van der Waals surface area contributed by atoms with Crippen molar-refractivity contribution in [3.63, 3.8) is 0 Å². The Kier molecular flexibility index (Phi) is 3.77. The zero-order valence-electron chi connectivity index (χ0n) is 6.42. The van der Waals surface area contributed by atoms with Crippen molar-refractivity contribution in [1.82, 2.24) is 0 Å². The lowest BCUT2D eigenvalue weighted by molar-refractivity contribution is -1.24. The molecule has 0 bridgehead atoms. The third-order valence-electron chi connectivity index (χ3n) is 1.36. The molecule has 1 N–H and O–H groups in total. The summed E-state index contributed by atoms with van der Waals surface area (Å²) in [6.45, 7) is 7.40. The topological polar surface area (TPSA) is 29.5 Å². The summed E-state index contributed by atoms with van der Waals surface area (Å²) in [4.78, 5) is 4.75. The molecule has 0 aliphatic heterocycles. The molecule has 9 heavy (non-hydrogen) atoms. The number of nitrogens with zero attached hydrogens (tertiary/aromatic N) is 1. The van der Waals surface area contributed by atoms with Gasteiger partial charge in [0.05, 0.1) is 0 Å². The second-order valence-electron chi connectivity index (χ2n) is 1.90. The van der Waals surface area contributed by atoms with Gasteiger partial charge in [-0.3, -0.25) is 0 Å². The molecule has 0 heterocycles. The molecule has 3 nitrogen and oxygen atoms in total. The lowest BCUT2D eigenvalue weighted by Crippen LogP contribution is -2.44. The Bertz CT molecular complexity index is 71.5. The highest BCUT2D eigenvalue weighted by Gasteiger charge is 2.20. The minimum absolute atomic E-state index is 0.267. The number of hydrogen-bond acceptors (Lipinski definition) is 2. The van der Waals surface area contributed by atoms with E-state index in [4.69, 9.17) is 4.84 Å². The van der Waals surface area contributed by atoms with Gasteiger partial charge < -0.3 is 0 Å². The van der Waals surface area contributed by atoms with Gasteiger partial charge in [-0.05, 0) is 25.6 Å². The fourth-order valence-corrected chi connectivity index (χ4v) is 0.646. The second-order valence-corrected chi connectivity index (χ2v) is 1.90. The normalized spacial score (nSPS) is 12.0. The van der Waals surface area contributed by atoms with Crippen LogP contribution in [0.3, 0.4) is 0 Å². The number of rotatable bonds is 4. The molecule has 0 aliphatic carbocycles. The van der Waals surface area contributed by atoms with Crippen molar-refractivity contribution >= 4 is 0 Å². The van der Waals surface area contributed by atoms with E-state index in [0.29, 0.717) is 19.7 Å². The van der Waals surface area contributed by atoms with Crippen molar-refractivity contribution in [3.05, 3.63) is 0 Å².